The molecule has 2 heterocycles. The Kier molecular flexibility index (Phi) is 3.92. The SMILES string of the molecule is O[C@H](C[C@@H]1CCCN1c1cnccn1)c1ccccc1. The minimum atomic E-state index is -0.418. The summed E-state index contributed by atoms with van der Waals surface area (Å²) in [5.41, 5.74) is 0.985. The highest BCUT2D eigenvalue weighted by molar-refractivity contribution is 5.38. The van der Waals surface area contributed by atoms with Gasteiger partial charge in [0, 0.05) is 25.0 Å². The second-order valence-electron chi connectivity index (χ2n) is 5.22. The molecule has 0 saturated carbocycles. The lowest BCUT2D eigenvalue weighted by Crippen LogP contribution is -2.31. The standard InChI is InChI=1S/C16H19N3O/c20-15(13-5-2-1-3-6-13)11-14-7-4-10-19(14)16-12-17-8-9-18-16/h1-3,5-6,8-9,12,14-15,20H,4,7,10-11H2/t14-,15+/m0/s1. The van der Waals surface area contributed by atoms with Crippen molar-refractivity contribution < 1.29 is 5.11 Å². The highest BCUT2D eigenvalue weighted by atomic mass is 16.3. The van der Waals surface area contributed by atoms with Gasteiger partial charge in [0.05, 0.1) is 12.3 Å². The summed E-state index contributed by atoms with van der Waals surface area (Å²) in [6.07, 6.45) is 7.77. The molecule has 2 atom stereocenters. The Morgan fingerprint density at radius 3 is 2.85 bits per heavy atom. The van der Waals surface area contributed by atoms with Crippen LogP contribution in [0, 0.1) is 0 Å². The van der Waals surface area contributed by atoms with Crippen molar-refractivity contribution in [1.82, 2.24) is 9.97 Å². The van der Waals surface area contributed by atoms with E-state index >= 15 is 0 Å². The fourth-order valence-electron chi connectivity index (χ4n) is 2.89. The Morgan fingerprint density at radius 2 is 2.10 bits per heavy atom. The summed E-state index contributed by atoms with van der Waals surface area (Å²) in [4.78, 5) is 10.8. The van der Waals surface area contributed by atoms with E-state index in [-0.39, 0.29) is 0 Å². The maximum atomic E-state index is 10.4. The van der Waals surface area contributed by atoms with E-state index in [1.165, 1.54) is 0 Å². The first-order valence-electron chi connectivity index (χ1n) is 7.10. The Hall–Kier alpha value is -1.94. The topological polar surface area (TPSA) is 49.2 Å². The monoisotopic (exact) mass is 269 g/mol. The number of rotatable bonds is 4. The summed E-state index contributed by atoms with van der Waals surface area (Å²) in [6, 6.07) is 10.2. The second kappa shape index (κ2) is 6.01. The van der Waals surface area contributed by atoms with E-state index in [1.54, 1.807) is 18.6 Å². The molecule has 1 aliphatic rings. The summed E-state index contributed by atoms with van der Waals surface area (Å²) >= 11 is 0. The minimum absolute atomic E-state index is 0.335. The van der Waals surface area contributed by atoms with E-state index in [4.69, 9.17) is 0 Å². The Bertz CT molecular complexity index is 532. The molecule has 1 fully saturated rings. The molecule has 0 aliphatic carbocycles. The molecular formula is C16H19N3O. The number of anilines is 1. The summed E-state index contributed by atoms with van der Waals surface area (Å²) in [5.74, 6) is 0.912. The molecule has 1 saturated heterocycles. The van der Waals surface area contributed by atoms with E-state index < -0.39 is 6.10 Å². The maximum Gasteiger partial charge on any atom is 0.147 e. The molecule has 3 rings (SSSR count). The summed E-state index contributed by atoms with van der Waals surface area (Å²) in [7, 11) is 0. The molecule has 1 aromatic carbocycles. The molecule has 1 N–H and O–H groups in total. The predicted molar refractivity (Wildman–Crippen MR) is 78.4 cm³/mol. The van der Waals surface area contributed by atoms with E-state index in [1.807, 2.05) is 30.3 Å². The molecule has 0 radical (unpaired) electrons. The number of benzene rings is 1. The lowest BCUT2D eigenvalue weighted by Gasteiger charge is -2.27. The Labute approximate surface area is 119 Å². The van der Waals surface area contributed by atoms with Gasteiger partial charge in [-0.25, -0.2) is 4.98 Å². The van der Waals surface area contributed by atoms with Gasteiger partial charge in [-0.3, -0.25) is 4.98 Å². The number of aromatic nitrogens is 2. The van der Waals surface area contributed by atoms with Crippen molar-refractivity contribution in [2.45, 2.75) is 31.4 Å². The molecule has 1 aliphatic heterocycles. The van der Waals surface area contributed by atoms with Gasteiger partial charge in [0.2, 0.25) is 0 Å². The largest absolute Gasteiger partial charge is 0.388 e. The zero-order valence-electron chi connectivity index (χ0n) is 11.4. The van der Waals surface area contributed by atoms with Crippen LogP contribution in [0.3, 0.4) is 0 Å². The number of hydrogen-bond acceptors (Lipinski definition) is 4. The van der Waals surface area contributed by atoms with Crippen LogP contribution in [0.25, 0.3) is 0 Å². The van der Waals surface area contributed by atoms with Crippen molar-refractivity contribution in [2.75, 3.05) is 11.4 Å². The molecule has 1 aromatic heterocycles. The average molecular weight is 269 g/mol. The van der Waals surface area contributed by atoms with Gasteiger partial charge in [-0.15, -0.1) is 0 Å². The number of hydrogen-bond donors (Lipinski definition) is 1. The quantitative estimate of drug-likeness (QED) is 0.926. The molecule has 0 bridgehead atoms. The zero-order chi connectivity index (χ0) is 13.8. The number of nitrogens with zero attached hydrogens (tertiary/aromatic N) is 3. The first-order chi connectivity index (χ1) is 9.84. The van der Waals surface area contributed by atoms with E-state index in [2.05, 4.69) is 14.9 Å². The smallest absolute Gasteiger partial charge is 0.147 e. The highest BCUT2D eigenvalue weighted by Gasteiger charge is 2.28. The van der Waals surface area contributed by atoms with Gasteiger partial charge in [0.25, 0.3) is 0 Å². The van der Waals surface area contributed by atoms with Gasteiger partial charge in [-0.2, -0.15) is 0 Å². The van der Waals surface area contributed by atoms with Crippen molar-refractivity contribution >= 4 is 5.82 Å². The molecule has 20 heavy (non-hydrogen) atoms. The third kappa shape index (κ3) is 2.80. The van der Waals surface area contributed by atoms with Crippen molar-refractivity contribution in [3.63, 3.8) is 0 Å². The Morgan fingerprint density at radius 1 is 1.25 bits per heavy atom. The average Bonchev–Trinajstić information content (AvgIpc) is 2.97. The maximum absolute atomic E-state index is 10.4. The summed E-state index contributed by atoms with van der Waals surface area (Å²) in [5, 5.41) is 10.4. The fourth-order valence-corrected chi connectivity index (χ4v) is 2.89. The lowest BCUT2D eigenvalue weighted by molar-refractivity contribution is 0.158. The van der Waals surface area contributed by atoms with Crippen LogP contribution in [-0.2, 0) is 0 Å². The van der Waals surface area contributed by atoms with Gasteiger partial charge < -0.3 is 10.0 Å². The highest BCUT2D eigenvalue weighted by Crippen LogP contribution is 2.29. The predicted octanol–water partition coefficient (Wildman–Crippen LogP) is 2.57. The van der Waals surface area contributed by atoms with Gasteiger partial charge in [-0.05, 0) is 24.8 Å². The third-order valence-corrected chi connectivity index (χ3v) is 3.90. The minimum Gasteiger partial charge on any atom is -0.388 e. The molecule has 2 aromatic rings. The molecule has 0 spiro atoms. The Balaban J connectivity index is 1.70. The van der Waals surface area contributed by atoms with Crippen molar-refractivity contribution in [2.24, 2.45) is 0 Å². The number of aliphatic hydroxyl groups excluding tert-OH is 1. The van der Waals surface area contributed by atoms with Gasteiger partial charge >= 0.3 is 0 Å². The molecule has 4 heteroatoms. The summed E-state index contributed by atoms with van der Waals surface area (Å²) < 4.78 is 0. The van der Waals surface area contributed by atoms with Crippen LogP contribution in [0.15, 0.2) is 48.9 Å². The van der Waals surface area contributed by atoms with Crippen LogP contribution in [-0.4, -0.2) is 27.7 Å². The first kappa shape index (κ1) is 13.1. The normalized spacial score (nSPS) is 20.1. The van der Waals surface area contributed by atoms with Crippen LogP contribution in [0.2, 0.25) is 0 Å². The molecule has 0 unspecified atom stereocenters. The van der Waals surface area contributed by atoms with Gasteiger partial charge in [-0.1, -0.05) is 30.3 Å². The fraction of sp³-hybridized carbons (Fsp3) is 0.375. The van der Waals surface area contributed by atoms with Crippen LogP contribution in [0.5, 0.6) is 0 Å². The van der Waals surface area contributed by atoms with E-state index in [0.717, 1.165) is 37.2 Å². The third-order valence-electron chi connectivity index (χ3n) is 3.90. The van der Waals surface area contributed by atoms with Crippen LogP contribution < -0.4 is 4.90 Å². The molecule has 4 nitrogen and oxygen atoms in total. The van der Waals surface area contributed by atoms with Crippen LogP contribution in [0.1, 0.15) is 30.9 Å². The molecule has 104 valence electrons. The van der Waals surface area contributed by atoms with E-state index in [0.29, 0.717) is 6.04 Å². The van der Waals surface area contributed by atoms with Crippen LogP contribution >= 0.6 is 0 Å². The van der Waals surface area contributed by atoms with Crippen molar-refractivity contribution in [3.05, 3.63) is 54.5 Å². The second-order valence-corrected chi connectivity index (χ2v) is 5.22. The van der Waals surface area contributed by atoms with Gasteiger partial charge in [0.1, 0.15) is 5.82 Å². The first-order valence-corrected chi connectivity index (χ1v) is 7.10. The van der Waals surface area contributed by atoms with Crippen molar-refractivity contribution in [3.8, 4) is 0 Å². The zero-order valence-corrected chi connectivity index (χ0v) is 11.4. The number of aliphatic hydroxyl groups is 1. The van der Waals surface area contributed by atoms with Crippen LogP contribution in [0.4, 0.5) is 5.82 Å². The van der Waals surface area contributed by atoms with E-state index in [9.17, 15) is 5.11 Å². The van der Waals surface area contributed by atoms with Crippen molar-refractivity contribution in [1.29, 1.82) is 0 Å². The summed E-state index contributed by atoms with van der Waals surface area (Å²) in [6.45, 7) is 0.991. The molecule has 0 amide bonds. The van der Waals surface area contributed by atoms with Gasteiger partial charge in [0.15, 0.2) is 0 Å². The molecular weight excluding hydrogens is 250 g/mol. The lowest BCUT2D eigenvalue weighted by atomic mass is 10.0.